The summed E-state index contributed by atoms with van der Waals surface area (Å²) in [5, 5.41) is 6.65. The van der Waals surface area contributed by atoms with E-state index in [0.717, 1.165) is 62.9 Å². The van der Waals surface area contributed by atoms with Gasteiger partial charge in [-0.1, -0.05) is 19.4 Å². The minimum Gasteiger partial charge on any atom is -0.381 e. The molecule has 25 heavy (non-hydrogen) atoms. The quantitative estimate of drug-likeness (QED) is 0.395. The Morgan fingerprint density at radius 2 is 2.04 bits per heavy atom. The lowest BCUT2D eigenvalue weighted by molar-refractivity contribution is 0.129. The van der Waals surface area contributed by atoms with Crippen molar-refractivity contribution >= 4 is 11.6 Å². The van der Waals surface area contributed by atoms with Crippen molar-refractivity contribution in [2.24, 2.45) is 4.99 Å². The van der Waals surface area contributed by atoms with E-state index in [9.17, 15) is 0 Å². The van der Waals surface area contributed by atoms with Gasteiger partial charge in [-0.15, -0.1) is 0 Å². The molecule has 0 unspecified atom stereocenters. The molecule has 0 aliphatic carbocycles. The van der Waals surface area contributed by atoms with Gasteiger partial charge >= 0.3 is 0 Å². The maximum Gasteiger partial charge on any atom is 0.190 e. The second-order valence-electron chi connectivity index (χ2n) is 6.15. The van der Waals surface area contributed by atoms with Crippen LogP contribution in [0.3, 0.4) is 0 Å². The number of nitrogens with one attached hydrogen (secondary N) is 2. The molecule has 0 amide bonds. The molecular formula is C19H31N5O. The monoisotopic (exact) mass is 345 g/mol. The van der Waals surface area contributed by atoms with Gasteiger partial charge in [0.1, 0.15) is 5.65 Å². The Morgan fingerprint density at radius 1 is 1.24 bits per heavy atom. The molecule has 2 N–H and O–H groups in total. The van der Waals surface area contributed by atoms with Crippen molar-refractivity contribution in [3.63, 3.8) is 0 Å². The Balaban J connectivity index is 1.66. The first kappa shape index (κ1) is 19.2. The van der Waals surface area contributed by atoms with Crippen molar-refractivity contribution in [1.82, 2.24) is 20.0 Å². The molecule has 6 heteroatoms. The molecule has 138 valence electrons. The number of aromatic nitrogens is 2. The molecule has 2 aromatic rings. The summed E-state index contributed by atoms with van der Waals surface area (Å²) in [7, 11) is 1.79. The number of aryl methyl sites for hydroxylation is 1. The van der Waals surface area contributed by atoms with Crippen LogP contribution < -0.4 is 10.6 Å². The first-order valence-corrected chi connectivity index (χ1v) is 9.20. The van der Waals surface area contributed by atoms with Gasteiger partial charge in [0.15, 0.2) is 5.96 Å². The molecule has 0 radical (unpaired) electrons. The lowest BCUT2D eigenvalue weighted by Gasteiger charge is -2.11. The summed E-state index contributed by atoms with van der Waals surface area (Å²) in [4.78, 5) is 8.94. The van der Waals surface area contributed by atoms with E-state index >= 15 is 0 Å². The van der Waals surface area contributed by atoms with Gasteiger partial charge in [-0.25, -0.2) is 4.98 Å². The Bertz CT molecular complexity index is 665. The summed E-state index contributed by atoms with van der Waals surface area (Å²) in [5.41, 5.74) is 3.31. The van der Waals surface area contributed by atoms with Crippen LogP contribution >= 0.6 is 0 Å². The van der Waals surface area contributed by atoms with Gasteiger partial charge in [0.05, 0.1) is 5.69 Å². The Labute approximate surface area is 150 Å². The van der Waals surface area contributed by atoms with Crippen molar-refractivity contribution < 1.29 is 4.74 Å². The van der Waals surface area contributed by atoms with Crippen LogP contribution in [0.15, 0.2) is 29.5 Å². The third kappa shape index (κ3) is 6.38. The highest BCUT2D eigenvalue weighted by Gasteiger charge is 2.04. The molecule has 0 fully saturated rings. The van der Waals surface area contributed by atoms with E-state index < -0.39 is 0 Å². The summed E-state index contributed by atoms with van der Waals surface area (Å²) in [6, 6.07) is 4.13. The van der Waals surface area contributed by atoms with E-state index in [1.165, 1.54) is 12.0 Å². The topological polar surface area (TPSA) is 63.0 Å². The average Bonchev–Trinajstić information content (AvgIpc) is 3.04. The largest absolute Gasteiger partial charge is 0.381 e. The summed E-state index contributed by atoms with van der Waals surface area (Å²) < 4.78 is 7.64. The van der Waals surface area contributed by atoms with E-state index in [-0.39, 0.29) is 0 Å². The fourth-order valence-electron chi connectivity index (χ4n) is 2.58. The molecule has 0 aliphatic rings. The number of ether oxygens (including phenoxy) is 1. The molecule has 0 atom stereocenters. The number of imidazole rings is 1. The Morgan fingerprint density at radius 3 is 2.80 bits per heavy atom. The fourth-order valence-corrected chi connectivity index (χ4v) is 2.58. The second-order valence-corrected chi connectivity index (χ2v) is 6.15. The highest BCUT2D eigenvalue weighted by molar-refractivity contribution is 5.79. The van der Waals surface area contributed by atoms with E-state index in [1.54, 1.807) is 7.05 Å². The number of hydrogen-bond acceptors (Lipinski definition) is 3. The van der Waals surface area contributed by atoms with Crippen LogP contribution in [0.4, 0.5) is 0 Å². The van der Waals surface area contributed by atoms with Crippen LogP contribution in [0.5, 0.6) is 0 Å². The van der Waals surface area contributed by atoms with Gasteiger partial charge in [-0.2, -0.15) is 0 Å². The van der Waals surface area contributed by atoms with Crippen LogP contribution in [0, 0.1) is 6.92 Å². The SMILES string of the molecule is CCCCOCCCNC(=NC)NCCc1cn2cccc(C)c2n1. The highest BCUT2D eigenvalue weighted by atomic mass is 16.5. The minimum absolute atomic E-state index is 0.796. The lowest BCUT2D eigenvalue weighted by atomic mass is 10.3. The minimum atomic E-state index is 0.796. The average molecular weight is 345 g/mol. The zero-order chi connectivity index (χ0) is 17.9. The summed E-state index contributed by atoms with van der Waals surface area (Å²) in [5.74, 6) is 0.827. The van der Waals surface area contributed by atoms with Crippen molar-refractivity contribution in [3.05, 3.63) is 35.8 Å². The van der Waals surface area contributed by atoms with Crippen LogP contribution in [-0.4, -0.2) is 48.7 Å². The van der Waals surface area contributed by atoms with Crippen molar-refractivity contribution in [1.29, 1.82) is 0 Å². The van der Waals surface area contributed by atoms with Crippen LogP contribution in [0.2, 0.25) is 0 Å². The molecule has 2 heterocycles. The number of nitrogens with zero attached hydrogens (tertiary/aromatic N) is 3. The summed E-state index contributed by atoms with van der Waals surface area (Å²) in [6.45, 7) is 7.58. The standard InChI is InChI=1S/C19H31N5O/c1-4-5-13-25-14-7-10-21-19(20-3)22-11-9-17-15-24-12-6-8-16(2)18(24)23-17/h6,8,12,15H,4-5,7,9-11,13-14H2,1-3H3,(H2,20,21,22). The van der Waals surface area contributed by atoms with Crippen LogP contribution in [-0.2, 0) is 11.2 Å². The molecule has 0 spiro atoms. The lowest BCUT2D eigenvalue weighted by Crippen LogP contribution is -2.39. The highest BCUT2D eigenvalue weighted by Crippen LogP contribution is 2.09. The predicted molar refractivity (Wildman–Crippen MR) is 103 cm³/mol. The zero-order valence-electron chi connectivity index (χ0n) is 15.7. The number of guanidine groups is 1. The maximum absolute atomic E-state index is 5.56. The fraction of sp³-hybridized carbons (Fsp3) is 0.579. The van der Waals surface area contributed by atoms with Crippen molar-refractivity contribution in [3.8, 4) is 0 Å². The predicted octanol–water partition coefficient (Wildman–Crippen LogP) is 2.56. The van der Waals surface area contributed by atoms with E-state index in [2.05, 4.69) is 46.1 Å². The van der Waals surface area contributed by atoms with E-state index in [4.69, 9.17) is 9.72 Å². The smallest absolute Gasteiger partial charge is 0.190 e. The molecule has 2 aromatic heterocycles. The number of unbranched alkanes of at least 4 members (excludes halogenated alkanes) is 1. The van der Waals surface area contributed by atoms with Gasteiger partial charge in [-0.05, 0) is 31.4 Å². The molecule has 0 aromatic carbocycles. The molecule has 6 nitrogen and oxygen atoms in total. The zero-order valence-corrected chi connectivity index (χ0v) is 15.7. The Hall–Kier alpha value is -2.08. The number of aliphatic imine (C=N–C) groups is 1. The third-order valence-corrected chi connectivity index (χ3v) is 4.03. The number of hydrogen-bond donors (Lipinski definition) is 2. The number of rotatable bonds is 10. The summed E-state index contributed by atoms with van der Waals surface area (Å²) >= 11 is 0. The van der Waals surface area contributed by atoms with Gasteiger partial charge in [0, 0.05) is 52.2 Å². The van der Waals surface area contributed by atoms with Crippen molar-refractivity contribution in [2.45, 2.75) is 39.5 Å². The van der Waals surface area contributed by atoms with Gasteiger partial charge in [0.25, 0.3) is 0 Å². The molecule has 0 saturated heterocycles. The first-order chi connectivity index (χ1) is 12.2. The molecule has 2 rings (SSSR count). The van der Waals surface area contributed by atoms with Gasteiger partial charge in [0.2, 0.25) is 0 Å². The van der Waals surface area contributed by atoms with E-state index in [1.807, 2.05) is 12.3 Å². The van der Waals surface area contributed by atoms with Crippen molar-refractivity contribution in [2.75, 3.05) is 33.4 Å². The summed E-state index contributed by atoms with van der Waals surface area (Å²) in [6.07, 6.45) is 8.29. The molecule has 0 aliphatic heterocycles. The van der Waals surface area contributed by atoms with Crippen LogP contribution in [0.1, 0.15) is 37.4 Å². The third-order valence-electron chi connectivity index (χ3n) is 4.03. The molecule has 0 saturated carbocycles. The number of pyridine rings is 1. The maximum atomic E-state index is 5.56. The second kappa shape index (κ2) is 10.7. The molecular weight excluding hydrogens is 314 g/mol. The Kier molecular flexibility index (Phi) is 8.25. The van der Waals surface area contributed by atoms with Gasteiger partial charge in [-0.3, -0.25) is 4.99 Å². The van der Waals surface area contributed by atoms with Gasteiger partial charge < -0.3 is 19.8 Å². The normalized spacial score (nSPS) is 11.9. The van der Waals surface area contributed by atoms with E-state index in [0.29, 0.717) is 0 Å². The first-order valence-electron chi connectivity index (χ1n) is 9.20. The van der Waals surface area contributed by atoms with Crippen LogP contribution in [0.25, 0.3) is 5.65 Å². The molecule has 0 bridgehead atoms. The number of fused-ring (bicyclic) bond motifs is 1.